The highest BCUT2D eigenvalue weighted by atomic mass is 16.5. The maximum absolute atomic E-state index is 12.1. The van der Waals surface area contributed by atoms with E-state index in [1.807, 2.05) is 0 Å². The zero-order valence-corrected chi connectivity index (χ0v) is 12.0. The fourth-order valence-corrected chi connectivity index (χ4v) is 2.28. The zero-order chi connectivity index (χ0) is 14.4. The highest BCUT2D eigenvalue weighted by molar-refractivity contribution is 5.75. The van der Waals surface area contributed by atoms with E-state index in [0.717, 1.165) is 19.4 Å². The fourth-order valence-electron chi connectivity index (χ4n) is 2.28. The van der Waals surface area contributed by atoms with Crippen molar-refractivity contribution in [1.29, 1.82) is 0 Å². The van der Waals surface area contributed by atoms with Crippen molar-refractivity contribution in [2.45, 2.75) is 19.8 Å². The van der Waals surface area contributed by atoms with Crippen molar-refractivity contribution in [2.75, 3.05) is 40.4 Å². The highest BCUT2D eigenvalue weighted by Gasteiger charge is 2.23. The zero-order valence-electron chi connectivity index (χ0n) is 12.0. The molecule has 2 unspecified atom stereocenters. The van der Waals surface area contributed by atoms with Crippen LogP contribution in [0.3, 0.4) is 0 Å². The van der Waals surface area contributed by atoms with Gasteiger partial charge in [-0.1, -0.05) is 6.92 Å². The largest absolute Gasteiger partial charge is 0.481 e. The smallest absolute Gasteiger partial charge is 0.319 e. The molecule has 1 aliphatic heterocycles. The Bertz CT molecular complexity index is 316. The van der Waals surface area contributed by atoms with Crippen LogP contribution in [0, 0.1) is 11.8 Å². The Labute approximate surface area is 114 Å². The number of carboxylic acids is 1. The van der Waals surface area contributed by atoms with E-state index in [4.69, 9.17) is 9.84 Å². The molecule has 0 aromatic heterocycles. The van der Waals surface area contributed by atoms with E-state index in [-0.39, 0.29) is 12.6 Å². The number of hydrogen-bond acceptors (Lipinski definition) is 3. The van der Waals surface area contributed by atoms with Gasteiger partial charge in [0.05, 0.1) is 12.5 Å². The molecule has 0 saturated carbocycles. The van der Waals surface area contributed by atoms with Crippen LogP contribution in [0.5, 0.6) is 0 Å². The van der Waals surface area contributed by atoms with Gasteiger partial charge in [-0.3, -0.25) is 4.79 Å². The third kappa shape index (κ3) is 5.06. The minimum atomic E-state index is -0.886. The second kappa shape index (κ2) is 7.33. The van der Waals surface area contributed by atoms with Gasteiger partial charge in [0.2, 0.25) is 0 Å². The summed E-state index contributed by atoms with van der Waals surface area (Å²) in [5, 5.41) is 8.84. The first kappa shape index (κ1) is 15.8. The lowest BCUT2D eigenvalue weighted by Crippen LogP contribution is -2.44. The molecule has 0 spiro atoms. The van der Waals surface area contributed by atoms with Crippen molar-refractivity contribution < 1.29 is 19.4 Å². The Morgan fingerprint density at radius 3 is 2.58 bits per heavy atom. The van der Waals surface area contributed by atoms with Gasteiger partial charge in [0.1, 0.15) is 0 Å². The van der Waals surface area contributed by atoms with Gasteiger partial charge >= 0.3 is 12.0 Å². The van der Waals surface area contributed by atoms with Crippen molar-refractivity contribution >= 4 is 12.0 Å². The maximum Gasteiger partial charge on any atom is 0.319 e. The number of hydrogen-bond donors (Lipinski definition) is 1. The molecular formula is C13H24N2O4. The van der Waals surface area contributed by atoms with Gasteiger partial charge in [-0.05, 0) is 12.8 Å². The highest BCUT2D eigenvalue weighted by Crippen LogP contribution is 2.15. The fraction of sp³-hybridized carbons (Fsp3) is 0.846. The molecule has 0 aromatic carbocycles. The monoisotopic (exact) mass is 272 g/mol. The number of urea groups is 1. The van der Waals surface area contributed by atoms with E-state index < -0.39 is 11.9 Å². The predicted molar refractivity (Wildman–Crippen MR) is 71.0 cm³/mol. The van der Waals surface area contributed by atoms with Gasteiger partial charge in [0.25, 0.3) is 0 Å². The molecule has 1 aliphatic rings. The van der Waals surface area contributed by atoms with E-state index in [1.54, 1.807) is 25.9 Å². The third-order valence-corrected chi connectivity index (χ3v) is 3.41. The van der Waals surface area contributed by atoms with E-state index in [1.165, 1.54) is 4.90 Å². The van der Waals surface area contributed by atoms with Gasteiger partial charge in [-0.2, -0.15) is 0 Å². The minimum absolute atomic E-state index is 0.140. The molecule has 1 N–H and O–H groups in total. The molecule has 0 aromatic rings. The van der Waals surface area contributed by atoms with E-state index in [2.05, 4.69) is 0 Å². The van der Waals surface area contributed by atoms with Crippen molar-refractivity contribution in [3.63, 3.8) is 0 Å². The van der Waals surface area contributed by atoms with Crippen molar-refractivity contribution in [2.24, 2.45) is 11.8 Å². The van der Waals surface area contributed by atoms with Crippen LogP contribution >= 0.6 is 0 Å². The lowest BCUT2D eigenvalue weighted by Gasteiger charge is -2.30. The van der Waals surface area contributed by atoms with Crippen LogP contribution in [-0.2, 0) is 9.53 Å². The molecule has 6 heteroatoms. The first-order valence-electron chi connectivity index (χ1n) is 6.68. The first-order chi connectivity index (χ1) is 8.91. The lowest BCUT2D eigenvalue weighted by atomic mass is 10.0. The van der Waals surface area contributed by atoms with E-state index in [0.29, 0.717) is 19.1 Å². The Balaban J connectivity index is 2.39. The molecule has 1 heterocycles. The van der Waals surface area contributed by atoms with Crippen LogP contribution in [0.1, 0.15) is 19.8 Å². The number of nitrogens with zero attached hydrogens (tertiary/aromatic N) is 2. The van der Waals surface area contributed by atoms with Crippen LogP contribution < -0.4 is 0 Å². The molecule has 1 fully saturated rings. The molecule has 2 atom stereocenters. The summed E-state index contributed by atoms with van der Waals surface area (Å²) in [6.45, 7) is 3.99. The number of amides is 2. The summed E-state index contributed by atoms with van der Waals surface area (Å²) >= 11 is 0. The maximum atomic E-state index is 12.1. The summed E-state index contributed by atoms with van der Waals surface area (Å²) in [7, 11) is 3.38. The molecule has 2 amide bonds. The summed E-state index contributed by atoms with van der Waals surface area (Å²) < 4.78 is 5.39. The molecule has 1 rings (SSSR count). The second-order valence-corrected chi connectivity index (χ2v) is 5.37. The molecule has 110 valence electrons. The van der Waals surface area contributed by atoms with Gasteiger partial charge in [-0.25, -0.2) is 4.79 Å². The van der Waals surface area contributed by atoms with Crippen molar-refractivity contribution in [3.05, 3.63) is 0 Å². The topological polar surface area (TPSA) is 70.1 Å². The summed E-state index contributed by atoms with van der Waals surface area (Å²) in [4.78, 5) is 26.0. The minimum Gasteiger partial charge on any atom is -0.481 e. The van der Waals surface area contributed by atoms with E-state index in [9.17, 15) is 9.59 Å². The Morgan fingerprint density at radius 1 is 1.37 bits per heavy atom. The number of ether oxygens (including phenoxy) is 1. The van der Waals surface area contributed by atoms with Gasteiger partial charge in [0, 0.05) is 39.7 Å². The van der Waals surface area contributed by atoms with Crippen molar-refractivity contribution in [3.8, 4) is 0 Å². The number of aliphatic carboxylic acids is 1. The molecule has 0 aliphatic carbocycles. The standard InChI is InChI=1S/C13H24N2O4/c1-10(12(16)17)7-14(2)13(18)15(3)8-11-5-4-6-19-9-11/h10-11H,4-9H2,1-3H3,(H,16,17). The van der Waals surface area contributed by atoms with Crippen LogP contribution in [-0.4, -0.2) is 67.3 Å². The van der Waals surface area contributed by atoms with Crippen LogP contribution in [0.4, 0.5) is 4.79 Å². The molecular weight excluding hydrogens is 248 g/mol. The van der Waals surface area contributed by atoms with Crippen LogP contribution in [0.15, 0.2) is 0 Å². The van der Waals surface area contributed by atoms with Gasteiger partial charge < -0.3 is 19.6 Å². The van der Waals surface area contributed by atoms with E-state index >= 15 is 0 Å². The van der Waals surface area contributed by atoms with Gasteiger partial charge in [0.15, 0.2) is 0 Å². The second-order valence-electron chi connectivity index (χ2n) is 5.37. The molecule has 0 radical (unpaired) electrons. The molecule has 19 heavy (non-hydrogen) atoms. The number of carboxylic acid groups (broad SMARTS) is 1. The quantitative estimate of drug-likeness (QED) is 0.814. The normalized spacial score (nSPS) is 20.7. The summed E-state index contributed by atoms with van der Waals surface area (Å²) in [6.07, 6.45) is 2.12. The average Bonchev–Trinajstić information content (AvgIpc) is 2.38. The molecule has 0 bridgehead atoms. The SMILES string of the molecule is CC(CN(C)C(=O)N(C)CC1CCCOC1)C(=O)O. The average molecular weight is 272 g/mol. The molecule has 6 nitrogen and oxygen atoms in total. The first-order valence-corrected chi connectivity index (χ1v) is 6.68. The summed E-state index contributed by atoms with van der Waals surface area (Å²) in [5.74, 6) is -1.06. The number of rotatable bonds is 5. The Hall–Kier alpha value is -1.30. The molecule has 1 saturated heterocycles. The summed E-state index contributed by atoms with van der Waals surface area (Å²) in [6, 6.07) is -0.140. The van der Waals surface area contributed by atoms with Gasteiger partial charge in [-0.15, -0.1) is 0 Å². The summed E-state index contributed by atoms with van der Waals surface area (Å²) in [5.41, 5.74) is 0. The van der Waals surface area contributed by atoms with Crippen LogP contribution in [0.25, 0.3) is 0 Å². The predicted octanol–water partition coefficient (Wildman–Crippen LogP) is 1.12. The van der Waals surface area contributed by atoms with Crippen molar-refractivity contribution in [1.82, 2.24) is 9.80 Å². The Morgan fingerprint density at radius 2 is 2.05 bits per heavy atom. The van der Waals surface area contributed by atoms with Crippen LogP contribution in [0.2, 0.25) is 0 Å². The third-order valence-electron chi connectivity index (χ3n) is 3.41. The number of carbonyl (C=O) groups excluding carboxylic acids is 1. The lowest BCUT2D eigenvalue weighted by molar-refractivity contribution is -0.141. The Kier molecular flexibility index (Phi) is 6.08. The number of carbonyl (C=O) groups is 2.